The van der Waals surface area contributed by atoms with Crippen molar-refractivity contribution in [3.63, 3.8) is 0 Å². The van der Waals surface area contributed by atoms with Gasteiger partial charge in [-0.25, -0.2) is 8.42 Å². The van der Waals surface area contributed by atoms with E-state index in [0.717, 1.165) is 143 Å². The monoisotopic (exact) mass is 1880 g/mol. The van der Waals surface area contributed by atoms with Crippen LogP contribution in [0.25, 0.3) is 88.5 Å². The molecule has 1 aliphatic heterocycles. The Kier molecular flexibility index (Phi) is 39.8. The molecule has 0 radical (unpaired) electrons. The third-order valence-electron chi connectivity index (χ3n) is 22.0. The van der Waals surface area contributed by atoms with Crippen LogP contribution in [0.15, 0.2) is 107 Å². The molecular formula is C97H127BrO4S14. The molecule has 0 bridgehead atoms. The van der Waals surface area contributed by atoms with Crippen LogP contribution >= 0.6 is 165 Å². The Morgan fingerprint density at radius 2 is 0.621 bits per heavy atom. The summed E-state index contributed by atoms with van der Waals surface area (Å²) in [7, 11) is -3.92. The Morgan fingerprint density at radius 1 is 0.310 bits per heavy atom. The van der Waals surface area contributed by atoms with Crippen LogP contribution in [-0.2, 0) is 41.9 Å². The highest BCUT2D eigenvalue weighted by Crippen LogP contribution is 2.58. The van der Waals surface area contributed by atoms with Crippen molar-refractivity contribution in [2.45, 2.75) is 312 Å². The summed E-state index contributed by atoms with van der Waals surface area (Å²) in [5, 5.41) is 2.06. The lowest BCUT2D eigenvalue weighted by molar-refractivity contribution is 0.307. The van der Waals surface area contributed by atoms with Gasteiger partial charge in [-0.3, -0.25) is 0 Å². The molecule has 10 aromatic heterocycles. The number of halogens is 1. The van der Waals surface area contributed by atoms with Crippen molar-refractivity contribution in [2.75, 3.05) is 32.0 Å². The van der Waals surface area contributed by atoms with E-state index < -0.39 is 9.84 Å². The normalized spacial score (nSPS) is 12.9. The number of benzene rings is 1. The quantitative estimate of drug-likeness (QED) is 0.0278. The highest BCUT2D eigenvalue weighted by atomic mass is 79.9. The zero-order valence-corrected chi connectivity index (χ0v) is 84.1. The molecular weight excluding hydrogens is 1760 g/mol. The number of allylic oxidation sites excluding steroid dienone is 2. The lowest BCUT2D eigenvalue weighted by atomic mass is 10.0. The minimum Gasteiger partial charge on any atom is -0.491 e. The highest BCUT2D eigenvalue weighted by molar-refractivity contribution is 9.11. The van der Waals surface area contributed by atoms with Crippen LogP contribution in [0, 0.1) is 0 Å². The minimum atomic E-state index is -3.92. The Hall–Kier alpha value is -2.70. The van der Waals surface area contributed by atoms with Gasteiger partial charge in [0.2, 0.25) is 9.84 Å². The number of fused-ring (bicyclic) bond motifs is 2. The van der Waals surface area contributed by atoms with Gasteiger partial charge in [-0.1, -0.05) is 209 Å². The zero-order chi connectivity index (χ0) is 81.8. The van der Waals surface area contributed by atoms with Crippen molar-refractivity contribution in [2.24, 2.45) is 0 Å². The second kappa shape index (κ2) is 49.1. The number of rotatable bonds is 53. The van der Waals surface area contributed by atoms with Crippen molar-refractivity contribution >= 4 is 204 Å². The van der Waals surface area contributed by atoms with Crippen molar-refractivity contribution in [1.29, 1.82) is 0 Å². The van der Waals surface area contributed by atoms with E-state index in [4.69, 9.17) is 9.47 Å². The molecule has 630 valence electrons. The van der Waals surface area contributed by atoms with E-state index in [1.165, 1.54) is 245 Å². The first-order chi connectivity index (χ1) is 56.7. The van der Waals surface area contributed by atoms with Gasteiger partial charge in [-0.15, -0.1) is 149 Å². The van der Waals surface area contributed by atoms with Crippen molar-refractivity contribution in [1.82, 2.24) is 0 Å². The SMILES string of the molecule is CCCCCCOc1c2cc(-c3sc(-c4cc(CCCCCC)c(-c5ccc(SC)s5)s4)cc3CCCCCC)sc2c(OCCCCCC)c2cc(C3=C(CCCCCC)C=C(c4cc(CCCCCC)c(-c5ccc(SC)s5)s4)S3(=O)=O)sc12.CCCCCCc1cc(-c2cc(CCCCCC)c(-c3ccc(SC)s3)s2)sc1Br. The summed E-state index contributed by atoms with van der Waals surface area (Å²) in [5.74, 6) is 1.76. The van der Waals surface area contributed by atoms with Crippen molar-refractivity contribution in [3.05, 3.63) is 132 Å². The van der Waals surface area contributed by atoms with E-state index in [1.807, 2.05) is 114 Å². The van der Waals surface area contributed by atoms with E-state index in [0.29, 0.717) is 23.0 Å². The summed E-state index contributed by atoms with van der Waals surface area (Å²) in [6.45, 7) is 19.4. The molecule has 116 heavy (non-hydrogen) atoms. The summed E-state index contributed by atoms with van der Waals surface area (Å²) < 4.78 is 53.5. The maximum atomic E-state index is 15.8. The van der Waals surface area contributed by atoms with Gasteiger partial charge in [0.15, 0.2) is 0 Å². The maximum absolute atomic E-state index is 15.8. The number of thiophene rings is 10. The van der Waals surface area contributed by atoms with Gasteiger partial charge >= 0.3 is 0 Å². The van der Waals surface area contributed by atoms with Gasteiger partial charge < -0.3 is 9.47 Å². The number of hydrogen-bond acceptors (Lipinski definition) is 17. The molecule has 1 aromatic carbocycles. The second-order valence-electron chi connectivity index (χ2n) is 31.2. The topological polar surface area (TPSA) is 52.6 Å². The zero-order valence-electron chi connectivity index (χ0n) is 71.1. The van der Waals surface area contributed by atoms with E-state index in [2.05, 4.69) is 175 Å². The summed E-state index contributed by atoms with van der Waals surface area (Å²) in [4.78, 5) is 19.1. The molecule has 1 aliphatic rings. The van der Waals surface area contributed by atoms with Crippen LogP contribution in [0.5, 0.6) is 11.5 Å². The average molecular weight is 1890 g/mol. The number of ether oxygens (including phenoxy) is 2. The largest absolute Gasteiger partial charge is 0.491 e. The molecule has 19 heteroatoms. The fraction of sp³-hybridized carbons (Fsp3) is 0.526. The third kappa shape index (κ3) is 25.1. The number of unbranched alkanes of at least 4 members (excludes halogenated alkanes) is 24. The van der Waals surface area contributed by atoms with Crippen LogP contribution in [0.3, 0.4) is 0 Å². The van der Waals surface area contributed by atoms with Gasteiger partial charge in [0.25, 0.3) is 0 Å². The first kappa shape index (κ1) is 94.0. The van der Waals surface area contributed by atoms with Gasteiger partial charge in [-0.05, 0) is 243 Å². The van der Waals surface area contributed by atoms with E-state index >= 15 is 8.42 Å². The van der Waals surface area contributed by atoms with Crippen molar-refractivity contribution in [3.8, 4) is 70.0 Å². The van der Waals surface area contributed by atoms with Crippen LogP contribution in [0.4, 0.5) is 0 Å². The lowest BCUT2D eigenvalue weighted by Crippen LogP contribution is -2.01. The van der Waals surface area contributed by atoms with Crippen LogP contribution < -0.4 is 9.47 Å². The fourth-order valence-electron chi connectivity index (χ4n) is 15.5. The Morgan fingerprint density at radius 3 is 0.991 bits per heavy atom. The van der Waals surface area contributed by atoms with Gasteiger partial charge in [0.1, 0.15) is 11.5 Å². The van der Waals surface area contributed by atoms with Gasteiger partial charge in [-0.2, -0.15) is 0 Å². The molecule has 0 atom stereocenters. The third-order valence-corrected chi connectivity index (χ3v) is 40.8. The molecule has 0 spiro atoms. The summed E-state index contributed by atoms with van der Waals surface area (Å²) in [6, 6.07) is 30.6. The molecule has 0 saturated heterocycles. The van der Waals surface area contributed by atoms with Crippen LogP contribution in [-0.4, -0.2) is 40.4 Å². The summed E-state index contributed by atoms with van der Waals surface area (Å²) >= 11 is 28.0. The predicted molar refractivity (Wildman–Crippen MR) is 540 cm³/mol. The molecule has 12 rings (SSSR count). The standard InChI is InChI=1S/C72H94O4S10.C25H33BrS4/c1-9-15-21-27-33-49-43-57(81-67(49)55-37-39-63(77-7)79-55)58-44-50(34-28-22-16-10-2)69(82-58)60-47-53-65(75-41-31-25-19-13-5)71-54(66(70(53)84-60)76-42-32-26-20-14-6)48-61(85-71)72-52(36-30-24-18-12-4)46-62(86(72,73)74)59-45-51(35-29-23-17-11-3)68(83-59)56-38-40-64(78-8)80-56;1-4-6-8-10-12-18-16-21(29-24(18)20-14-15-23(27-3)28-20)22-17-19(25(26)30-22)13-11-9-7-5-2/h37-40,43-48H,9-36,41-42H2,1-8H3;14-17H,4-13H2,1-3H3. The number of hydrogen-bond donors (Lipinski definition) is 0. The molecule has 11 aromatic rings. The Bertz CT molecular complexity index is 4930. The summed E-state index contributed by atoms with van der Waals surface area (Å²) in [6.07, 6.45) is 53.0. The van der Waals surface area contributed by atoms with Gasteiger partial charge in [0.05, 0.1) is 48.8 Å². The summed E-state index contributed by atoms with van der Waals surface area (Å²) in [5.41, 5.74) is 8.20. The van der Waals surface area contributed by atoms with Crippen molar-refractivity contribution < 1.29 is 17.9 Å². The smallest absolute Gasteiger partial charge is 0.209 e. The molecule has 11 heterocycles. The molecule has 0 fully saturated rings. The molecule has 0 amide bonds. The molecule has 4 nitrogen and oxygen atoms in total. The van der Waals surface area contributed by atoms with Crippen LogP contribution in [0.2, 0.25) is 0 Å². The average Bonchev–Trinajstić information content (AvgIpc) is 1.55. The van der Waals surface area contributed by atoms with E-state index in [-0.39, 0.29) is 0 Å². The van der Waals surface area contributed by atoms with E-state index in [9.17, 15) is 0 Å². The number of sulfone groups is 1. The Labute approximate surface area is 759 Å². The molecule has 0 N–H and O–H groups in total. The minimum absolute atomic E-state index is 0.465. The molecule has 0 aliphatic carbocycles. The first-order valence-electron chi connectivity index (χ1n) is 44.0. The first-order valence-corrected chi connectivity index (χ1v) is 58.1. The second-order valence-corrected chi connectivity index (χ2v) is 48.3. The number of thioether (sulfide) groups is 3. The molecule has 0 unspecified atom stereocenters. The van der Waals surface area contributed by atoms with Crippen LogP contribution in [0.1, 0.15) is 305 Å². The highest BCUT2D eigenvalue weighted by Gasteiger charge is 2.38. The lowest BCUT2D eigenvalue weighted by Gasteiger charge is -2.13. The van der Waals surface area contributed by atoms with Gasteiger partial charge in [0, 0.05) is 79.1 Å². The fourth-order valence-corrected chi connectivity index (χ4v) is 32.2. The maximum Gasteiger partial charge on any atom is 0.209 e. The molecule has 0 saturated carbocycles. The Balaban J connectivity index is 0.000000368. The predicted octanol–water partition coefficient (Wildman–Crippen LogP) is 37.9. The van der Waals surface area contributed by atoms with E-state index in [1.54, 1.807) is 40.0 Å². The number of aryl methyl sites for hydroxylation is 5.